The summed E-state index contributed by atoms with van der Waals surface area (Å²) in [5.74, 6) is 0.0565. The number of carbonyl (C=O) groups excluding carboxylic acids is 1. The minimum Gasteiger partial charge on any atom is -0.348 e. The Bertz CT molecular complexity index is 431. The van der Waals surface area contributed by atoms with E-state index in [0.29, 0.717) is 13.1 Å². The summed E-state index contributed by atoms with van der Waals surface area (Å²) in [5.41, 5.74) is 6.92. The van der Waals surface area contributed by atoms with Gasteiger partial charge in [-0.25, -0.2) is 0 Å². The molecule has 21 heavy (non-hydrogen) atoms. The first-order valence-corrected chi connectivity index (χ1v) is 7.64. The molecule has 1 unspecified atom stereocenters. The molecule has 0 bridgehead atoms. The Morgan fingerprint density at radius 1 is 1.33 bits per heavy atom. The molecule has 0 aliphatic rings. The Labute approximate surface area is 128 Å². The molecule has 1 aromatic carbocycles. The summed E-state index contributed by atoms with van der Waals surface area (Å²) < 4.78 is 0. The Hall–Kier alpha value is -1.39. The van der Waals surface area contributed by atoms with Gasteiger partial charge in [0.2, 0.25) is 5.91 Å². The van der Waals surface area contributed by atoms with Gasteiger partial charge in [0, 0.05) is 6.54 Å². The SMILES string of the molecule is CCN(CC(=O)NC(C)c1ccccc1)CC(C)(C)CN. The van der Waals surface area contributed by atoms with Gasteiger partial charge in [0.15, 0.2) is 0 Å². The second-order valence-corrected chi connectivity index (χ2v) is 6.37. The van der Waals surface area contributed by atoms with E-state index in [4.69, 9.17) is 5.73 Å². The van der Waals surface area contributed by atoms with Crippen molar-refractivity contribution < 1.29 is 4.79 Å². The molecule has 0 spiro atoms. The van der Waals surface area contributed by atoms with Crippen molar-refractivity contribution in [2.75, 3.05) is 26.2 Å². The number of rotatable bonds is 8. The van der Waals surface area contributed by atoms with E-state index in [1.165, 1.54) is 0 Å². The van der Waals surface area contributed by atoms with Crippen LogP contribution in [-0.2, 0) is 4.79 Å². The molecule has 0 saturated carbocycles. The highest BCUT2D eigenvalue weighted by Gasteiger charge is 2.21. The van der Waals surface area contributed by atoms with Gasteiger partial charge < -0.3 is 11.1 Å². The molecule has 1 aromatic rings. The highest BCUT2D eigenvalue weighted by Crippen LogP contribution is 2.15. The molecule has 4 nitrogen and oxygen atoms in total. The first kappa shape index (κ1) is 17.7. The van der Waals surface area contributed by atoms with Gasteiger partial charge in [-0.1, -0.05) is 51.1 Å². The van der Waals surface area contributed by atoms with Crippen molar-refractivity contribution in [3.8, 4) is 0 Å². The lowest BCUT2D eigenvalue weighted by Crippen LogP contribution is -2.44. The Morgan fingerprint density at radius 2 is 1.95 bits per heavy atom. The maximum Gasteiger partial charge on any atom is 0.234 e. The summed E-state index contributed by atoms with van der Waals surface area (Å²) >= 11 is 0. The fourth-order valence-corrected chi connectivity index (χ4v) is 2.26. The zero-order valence-corrected chi connectivity index (χ0v) is 13.7. The van der Waals surface area contributed by atoms with Crippen molar-refractivity contribution in [3.05, 3.63) is 35.9 Å². The molecule has 118 valence electrons. The van der Waals surface area contributed by atoms with E-state index >= 15 is 0 Å². The molecular weight excluding hydrogens is 262 g/mol. The molecule has 0 heterocycles. The van der Waals surface area contributed by atoms with Crippen molar-refractivity contribution in [3.63, 3.8) is 0 Å². The first-order chi connectivity index (χ1) is 9.88. The summed E-state index contributed by atoms with van der Waals surface area (Å²) in [6.07, 6.45) is 0. The van der Waals surface area contributed by atoms with Gasteiger partial charge in [0.25, 0.3) is 0 Å². The molecular formula is C17H29N3O. The van der Waals surface area contributed by atoms with Gasteiger partial charge in [0.05, 0.1) is 12.6 Å². The lowest BCUT2D eigenvalue weighted by molar-refractivity contribution is -0.123. The van der Waals surface area contributed by atoms with E-state index < -0.39 is 0 Å². The predicted octanol–water partition coefficient (Wildman–Crippen LogP) is 2.17. The van der Waals surface area contributed by atoms with E-state index in [0.717, 1.165) is 18.7 Å². The quantitative estimate of drug-likeness (QED) is 0.772. The molecule has 3 N–H and O–H groups in total. The Balaban J connectivity index is 2.51. The van der Waals surface area contributed by atoms with Crippen LogP contribution in [0.2, 0.25) is 0 Å². The number of nitrogens with one attached hydrogen (secondary N) is 1. The second kappa shape index (κ2) is 8.15. The van der Waals surface area contributed by atoms with E-state index in [1.807, 2.05) is 37.3 Å². The number of carbonyl (C=O) groups is 1. The number of amides is 1. The maximum absolute atomic E-state index is 12.2. The Morgan fingerprint density at radius 3 is 2.48 bits per heavy atom. The average Bonchev–Trinajstić information content (AvgIpc) is 2.47. The van der Waals surface area contributed by atoms with Crippen molar-refractivity contribution >= 4 is 5.91 Å². The third-order valence-corrected chi connectivity index (χ3v) is 3.70. The van der Waals surface area contributed by atoms with Crippen molar-refractivity contribution in [1.29, 1.82) is 0 Å². The van der Waals surface area contributed by atoms with Crippen LogP contribution in [0.25, 0.3) is 0 Å². The summed E-state index contributed by atoms with van der Waals surface area (Å²) in [7, 11) is 0. The fraction of sp³-hybridized carbons (Fsp3) is 0.588. The molecule has 0 saturated heterocycles. The number of hydrogen-bond acceptors (Lipinski definition) is 3. The highest BCUT2D eigenvalue weighted by atomic mass is 16.2. The predicted molar refractivity (Wildman–Crippen MR) is 87.9 cm³/mol. The van der Waals surface area contributed by atoms with Crippen molar-refractivity contribution in [1.82, 2.24) is 10.2 Å². The largest absolute Gasteiger partial charge is 0.348 e. The third kappa shape index (κ3) is 6.27. The van der Waals surface area contributed by atoms with Gasteiger partial charge in [-0.2, -0.15) is 0 Å². The summed E-state index contributed by atoms with van der Waals surface area (Å²) in [6.45, 7) is 11.0. The standard InChI is InChI=1S/C17H29N3O/c1-5-20(13-17(3,4)12-18)11-16(21)19-14(2)15-9-7-6-8-10-15/h6-10,14H,5,11-13,18H2,1-4H3,(H,19,21). The molecule has 1 atom stereocenters. The smallest absolute Gasteiger partial charge is 0.234 e. The number of nitrogens with zero attached hydrogens (tertiary/aromatic N) is 1. The number of benzene rings is 1. The molecule has 1 amide bonds. The molecule has 0 fully saturated rings. The molecule has 0 radical (unpaired) electrons. The first-order valence-electron chi connectivity index (χ1n) is 7.64. The minimum absolute atomic E-state index is 0.0277. The van der Waals surface area contributed by atoms with Crippen LogP contribution in [0.5, 0.6) is 0 Å². The van der Waals surface area contributed by atoms with Crippen molar-refractivity contribution in [2.45, 2.75) is 33.7 Å². The Kier molecular flexibility index (Phi) is 6.85. The van der Waals surface area contributed by atoms with Crippen LogP contribution in [0, 0.1) is 5.41 Å². The summed E-state index contributed by atoms with van der Waals surface area (Å²) in [6, 6.07) is 10.0. The zero-order valence-electron chi connectivity index (χ0n) is 13.7. The van der Waals surface area contributed by atoms with Crippen LogP contribution in [0.4, 0.5) is 0 Å². The van der Waals surface area contributed by atoms with Crippen molar-refractivity contribution in [2.24, 2.45) is 11.1 Å². The third-order valence-electron chi connectivity index (χ3n) is 3.70. The zero-order chi connectivity index (χ0) is 15.9. The second-order valence-electron chi connectivity index (χ2n) is 6.37. The normalized spacial score (nSPS) is 13.2. The van der Waals surface area contributed by atoms with Crippen LogP contribution in [0.3, 0.4) is 0 Å². The molecule has 0 aromatic heterocycles. The van der Waals surface area contributed by atoms with E-state index in [9.17, 15) is 4.79 Å². The van der Waals surface area contributed by atoms with Gasteiger partial charge >= 0.3 is 0 Å². The summed E-state index contributed by atoms with van der Waals surface area (Å²) in [5, 5.41) is 3.05. The van der Waals surface area contributed by atoms with E-state index in [-0.39, 0.29) is 17.4 Å². The molecule has 0 aliphatic heterocycles. The van der Waals surface area contributed by atoms with Crippen LogP contribution in [0.15, 0.2) is 30.3 Å². The summed E-state index contributed by atoms with van der Waals surface area (Å²) in [4.78, 5) is 14.3. The number of hydrogen-bond donors (Lipinski definition) is 2. The van der Waals surface area contributed by atoms with Crippen LogP contribution < -0.4 is 11.1 Å². The lowest BCUT2D eigenvalue weighted by atomic mass is 9.93. The van der Waals surface area contributed by atoms with Crippen LogP contribution in [-0.4, -0.2) is 37.0 Å². The van der Waals surface area contributed by atoms with Gasteiger partial charge in [0.1, 0.15) is 0 Å². The number of nitrogens with two attached hydrogens (primary N) is 1. The fourth-order valence-electron chi connectivity index (χ4n) is 2.26. The van der Waals surface area contributed by atoms with Gasteiger partial charge in [-0.15, -0.1) is 0 Å². The average molecular weight is 291 g/mol. The lowest BCUT2D eigenvalue weighted by Gasteiger charge is -2.30. The molecule has 4 heteroatoms. The van der Waals surface area contributed by atoms with E-state index in [2.05, 4.69) is 31.0 Å². The van der Waals surface area contributed by atoms with E-state index in [1.54, 1.807) is 0 Å². The highest BCUT2D eigenvalue weighted by molar-refractivity contribution is 5.78. The maximum atomic E-state index is 12.2. The monoisotopic (exact) mass is 291 g/mol. The number of likely N-dealkylation sites (N-methyl/N-ethyl adjacent to an activating group) is 1. The van der Waals surface area contributed by atoms with Crippen LogP contribution >= 0.6 is 0 Å². The molecule has 1 rings (SSSR count). The topological polar surface area (TPSA) is 58.4 Å². The van der Waals surface area contributed by atoms with Gasteiger partial charge in [-0.05, 0) is 31.0 Å². The molecule has 0 aliphatic carbocycles. The van der Waals surface area contributed by atoms with Crippen LogP contribution in [0.1, 0.15) is 39.3 Å². The minimum atomic E-state index is 0.0277. The van der Waals surface area contributed by atoms with Gasteiger partial charge in [-0.3, -0.25) is 9.69 Å².